The zero-order valence-corrected chi connectivity index (χ0v) is 20.8. The lowest BCUT2D eigenvalue weighted by Crippen LogP contribution is -2.31. The van der Waals surface area contributed by atoms with Gasteiger partial charge in [0.25, 0.3) is 5.91 Å². The third kappa shape index (κ3) is 5.37. The average Bonchev–Trinajstić information content (AvgIpc) is 3.31. The number of amides is 1. The van der Waals surface area contributed by atoms with Crippen LogP contribution in [-0.2, 0) is 4.79 Å². The van der Waals surface area contributed by atoms with Crippen LogP contribution < -0.4 is 4.74 Å². The quantitative estimate of drug-likeness (QED) is 0.300. The Morgan fingerprint density at radius 1 is 1.06 bits per heavy atom. The smallest absolute Gasteiger partial charge is 0.266 e. The fraction of sp³-hybridized carbons (Fsp3) is 0.269. The van der Waals surface area contributed by atoms with Crippen molar-refractivity contribution in [3.05, 3.63) is 71.3 Å². The minimum atomic E-state index is -0.0437. The van der Waals surface area contributed by atoms with E-state index in [9.17, 15) is 4.79 Å². The van der Waals surface area contributed by atoms with Gasteiger partial charge >= 0.3 is 0 Å². The van der Waals surface area contributed by atoms with Crippen molar-refractivity contribution in [2.75, 3.05) is 6.54 Å². The minimum absolute atomic E-state index is 0.0437. The van der Waals surface area contributed by atoms with Crippen LogP contribution in [0.2, 0.25) is 0 Å². The predicted octanol–water partition coefficient (Wildman–Crippen LogP) is 6.18. The lowest BCUT2D eigenvalue weighted by molar-refractivity contribution is -0.122. The van der Waals surface area contributed by atoms with Gasteiger partial charge in [-0.1, -0.05) is 56.0 Å². The summed E-state index contributed by atoms with van der Waals surface area (Å²) < 4.78 is 8.23. The van der Waals surface area contributed by atoms with Gasteiger partial charge in [0, 0.05) is 23.9 Å². The van der Waals surface area contributed by atoms with Crippen LogP contribution in [0.25, 0.3) is 23.0 Å². The Balaban J connectivity index is 1.74. The Hall–Kier alpha value is -2.90. The van der Waals surface area contributed by atoms with Crippen molar-refractivity contribution >= 4 is 40.3 Å². The Labute approximate surface area is 204 Å². The van der Waals surface area contributed by atoms with Crippen LogP contribution >= 0.6 is 24.0 Å². The van der Waals surface area contributed by atoms with Gasteiger partial charge in [-0.3, -0.25) is 9.69 Å². The molecule has 0 N–H and O–H groups in total. The summed E-state index contributed by atoms with van der Waals surface area (Å²) in [6.45, 7) is 8.79. The standard InChI is InChI=1S/C26H27N3O2S2/c1-17(2)15-28-25(30)23(33-26(28)32)14-20-16-29(21-8-6-5-7-9-21)27-24(20)19-10-12-22(13-11-19)31-18(3)4/h5-14,16-18H,15H2,1-4H3. The average molecular weight is 478 g/mol. The summed E-state index contributed by atoms with van der Waals surface area (Å²) in [5, 5.41) is 4.86. The maximum Gasteiger partial charge on any atom is 0.266 e. The number of hydrogen-bond acceptors (Lipinski definition) is 5. The maximum atomic E-state index is 13.0. The van der Waals surface area contributed by atoms with Crippen LogP contribution in [0, 0.1) is 5.92 Å². The van der Waals surface area contributed by atoms with E-state index in [2.05, 4.69) is 13.8 Å². The van der Waals surface area contributed by atoms with E-state index in [0.717, 1.165) is 28.3 Å². The molecular formula is C26H27N3O2S2. The van der Waals surface area contributed by atoms with Crippen LogP contribution in [0.5, 0.6) is 5.75 Å². The molecule has 0 bridgehead atoms. The highest BCUT2D eigenvalue weighted by Crippen LogP contribution is 2.35. The number of para-hydroxylation sites is 1. The van der Waals surface area contributed by atoms with Crippen LogP contribution in [0.4, 0.5) is 0 Å². The number of thioether (sulfide) groups is 1. The van der Waals surface area contributed by atoms with Gasteiger partial charge < -0.3 is 4.74 Å². The van der Waals surface area contributed by atoms with E-state index in [1.165, 1.54) is 11.8 Å². The molecule has 1 aliphatic heterocycles. The Morgan fingerprint density at radius 2 is 1.76 bits per heavy atom. The van der Waals surface area contributed by atoms with Gasteiger partial charge in [-0.25, -0.2) is 4.68 Å². The second-order valence-corrected chi connectivity index (χ2v) is 10.3. The molecule has 1 aliphatic rings. The van der Waals surface area contributed by atoms with Crippen LogP contribution in [-0.4, -0.2) is 37.6 Å². The molecule has 0 spiro atoms. The van der Waals surface area contributed by atoms with Gasteiger partial charge in [-0.2, -0.15) is 5.10 Å². The molecule has 3 aromatic rings. The van der Waals surface area contributed by atoms with Crippen molar-refractivity contribution in [2.24, 2.45) is 5.92 Å². The Kier molecular flexibility index (Phi) is 7.00. The molecule has 1 fully saturated rings. The van der Waals surface area contributed by atoms with Gasteiger partial charge in [-0.05, 0) is 62.2 Å². The highest BCUT2D eigenvalue weighted by molar-refractivity contribution is 8.26. The first-order valence-corrected chi connectivity index (χ1v) is 12.2. The lowest BCUT2D eigenvalue weighted by Gasteiger charge is -2.16. The molecule has 1 aromatic heterocycles. The summed E-state index contributed by atoms with van der Waals surface area (Å²) in [4.78, 5) is 15.3. The second kappa shape index (κ2) is 9.93. The van der Waals surface area contributed by atoms with E-state index in [1.807, 2.05) is 85.4 Å². The predicted molar refractivity (Wildman–Crippen MR) is 139 cm³/mol. The van der Waals surface area contributed by atoms with Crippen LogP contribution in [0.3, 0.4) is 0 Å². The topological polar surface area (TPSA) is 47.4 Å². The Bertz CT molecular complexity index is 1180. The maximum absolute atomic E-state index is 13.0. The van der Waals surface area contributed by atoms with Crippen LogP contribution in [0.15, 0.2) is 65.7 Å². The first kappa shape index (κ1) is 23.3. The van der Waals surface area contributed by atoms with Crippen LogP contribution in [0.1, 0.15) is 33.3 Å². The van der Waals surface area contributed by atoms with Crippen molar-refractivity contribution in [2.45, 2.75) is 33.8 Å². The third-order valence-electron chi connectivity index (χ3n) is 4.97. The van der Waals surface area contributed by atoms with Gasteiger partial charge in [0.1, 0.15) is 10.1 Å². The normalized spacial score (nSPS) is 15.3. The van der Waals surface area contributed by atoms with E-state index in [4.69, 9.17) is 22.1 Å². The van der Waals surface area contributed by atoms with Gasteiger partial charge in [0.15, 0.2) is 0 Å². The number of carbonyl (C=O) groups excluding carboxylic acids is 1. The molecule has 0 saturated carbocycles. The first-order valence-electron chi connectivity index (χ1n) is 11.0. The third-order valence-corrected chi connectivity index (χ3v) is 6.35. The molecule has 7 heteroatoms. The summed E-state index contributed by atoms with van der Waals surface area (Å²) in [6.07, 6.45) is 3.97. The highest BCUT2D eigenvalue weighted by Gasteiger charge is 2.32. The van der Waals surface area contributed by atoms with E-state index < -0.39 is 0 Å². The molecule has 0 radical (unpaired) electrons. The zero-order valence-electron chi connectivity index (χ0n) is 19.2. The molecule has 1 saturated heterocycles. The highest BCUT2D eigenvalue weighted by atomic mass is 32.2. The molecule has 33 heavy (non-hydrogen) atoms. The number of nitrogens with zero attached hydrogens (tertiary/aromatic N) is 3. The van der Waals surface area contributed by atoms with Gasteiger partial charge in [-0.15, -0.1) is 0 Å². The second-order valence-electron chi connectivity index (χ2n) is 8.59. The summed E-state index contributed by atoms with van der Waals surface area (Å²) >= 11 is 6.83. The number of rotatable bonds is 7. The van der Waals surface area contributed by atoms with Crippen molar-refractivity contribution in [1.29, 1.82) is 0 Å². The first-order chi connectivity index (χ1) is 15.8. The fourth-order valence-electron chi connectivity index (χ4n) is 3.56. The van der Waals surface area contributed by atoms with E-state index >= 15 is 0 Å². The number of aromatic nitrogens is 2. The van der Waals surface area contributed by atoms with E-state index in [0.29, 0.717) is 21.7 Å². The minimum Gasteiger partial charge on any atom is -0.491 e. The Morgan fingerprint density at radius 3 is 2.39 bits per heavy atom. The zero-order chi connectivity index (χ0) is 23.5. The molecule has 0 atom stereocenters. The number of ether oxygens (including phenoxy) is 1. The molecule has 5 nitrogen and oxygen atoms in total. The number of thiocarbonyl (C=S) groups is 1. The summed E-state index contributed by atoms with van der Waals surface area (Å²) in [6, 6.07) is 17.8. The van der Waals surface area contributed by atoms with E-state index in [-0.39, 0.29) is 12.0 Å². The summed E-state index contributed by atoms with van der Waals surface area (Å²) in [7, 11) is 0. The SMILES string of the molecule is CC(C)CN1C(=O)C(=Cc2cn(-c3ccccc3)nc2-c2ccc(OC(C)C)cc2)SC1=S. The van der Waals surface area contributed by atoms with Crippen molar-refractivity contribution < 1.29 is 9.53 Å². The number of benzene rings is 2. The van der Waals surface area contributed by atoms with Gasteiger partial charge in [0.05, 0.1) is 22.4 Å². The summed E-state index contributed by atoms with van der Waals surface area (Å²) in [5.74, 6) is 1.11. The fourth-order valence-corrected chi connectivity index (χ4v) is 4.82. The molecule has 1 amide bonds. The molecule has 2 heterocycles. The van der Waals surface area contributed by atoms with Crippen molar-refractivity contribution in [1.82, 2.24) is 14.7 Å². The molecule has 0 aliphatic carbocycles. The largest absolute Gasteiger partial charge is 0.491 e. The molecule has 0 unspecified atom stereocenters. The van der Waals surface area contributed by atoms with Gasteiger partial charge in [0.2, 0.25) is 0 Å². The lowest BCUT2D eigenvalue weighted by atomic mass is 10.1. The molecular weight excluding hydrogens is 450 g/mol. The molecule has 4 rings (SSSR count). The van der Waals surface area contributed by atoms with Crippen molar-refractivity contribution in [3.63, 3.8) is 0 Å². The number of hydrogen-bond donors (Lipinski definition) is 0. The van der Waals surface area contributed by atoms with Crippen molar-refractivity contribution in [3.8, 4) is 22.7 Å². The molecule has 170 valence electrons. The van der Waals surface area contributed by atoms with E-state index in [1.54, 1.807) is 4.90 Å². The molecule has 2 aromatic carbocycles. The summed E-state index contributed by atoms with van der Waals surface area (Å²) in [5.41, 5.74) is 3.56. The number of carbonyl (C=O) groups is 1. The monoisotopic (exact) mass is 477 g/mol.